The van der Waals surface area contributed by atoms with Crippen LogP contribution in [0.4, 0.5) is 10.2 Å². The van der Waals surface area contributed by atoms with Crippen LogP contribution in [0.1, 0.15) is 79.7 Å². The van der Waals surface area contributed by atoms with Gasteiger partial charge in [-0.05, 0) is 83.0 Å². The van der Waals surface area contributed by atoms with Crippen molar-refractivity contribution in [3.8, 4) is 17.2 Å². The van der Waals surface area contributed by atoms with E-state index in [1.807, 2.05) is 30.5 Å². The second kappa shape index (κ2) is 17.4. The van der Waals surface area contributed by atoms with Crippen LogP contribution in [0.25, 0.3) is 0 Å². The van der Waals surface area contributed by atoms with Crippen molar-refractivity contribution in [3.05, 3.63) is 102 Å². The average Bonchev–Trinajstić information content (AvgIpc) is 3.13. The van der Waals surface area contributed by atoms with Gasteiger partial charge < -0.3 is 29.3 Å². The predicted octanol–water partition coefficient (Wildman–Crippen LogP) is 7.19. The summed E-state index contributed by atoms with van der Waals surface area (Å²) in [5.41, 5.74) is 3.81. The highest BCUT2D eigenvalue weighted by molar-refractivity contribution is 5.79. The number of anilines is 1. The molecule has 1 saturated carbocycles. The Hall–Kier alpha value is -4.45. The number of nitrogens with zero attached hydrogens (tertiary/aromatic N) is 5. The number of fused-ring (bicyclic) bond motifs is 1. The molecular weight excluding hydrogens is 659 g/mol. The molecule has 2 aromatic heterocycles. The van der Waals surface area contributed by atoms with Crippen LogP contribution in [0.15, 0.2) is 73.3 Å². The lowest BCUT2D eigenvalue weighted by Gasteiger charge is -2.59. The van der Waals surface area contributed by atoms with Crippen LogP contribution in [0, 0.1) is 11.2 Å². The molecule has 52 heavy (non-hydrogen) atoms. The Bertz CT molecular complexity index is 1760. The molecule has 10 nitrogen and oxygen atoms in total. The molecule has 2 aromatic carbocycles. The van der Waals surface area contributed by atoms with Gasteiger partial charge in [0, 0.05) is 61.9 Å². The minimum Gasteiger partial charge on any atom is -0.490 e. The minimum absolute atomic E-state index is 0.135. The standard InChI is InChI=1S/C35H36FN5O4.C6H15N/c36-26-8-9-30(25(15-26)19-42)45-32-18-37-23-40-34(32)41-21-35(22-41)16-27(17-35)44-31-11-13-39-29-10-12-38-28(33(29)31)7-4-14-43-20-24-5-2-1-3-6-24;1-5-7(4)6(2)3/h1-3,5-6,8-9,11,13,15,18-19,23,27-28,38H,4,7,10,12,14,16-17,20-22H2;6H,5H2,1-4H3. The van der Waals surface area contributed by atoms with Crippen LogP contribution in [0.3, 0.4) is 0 Å². The number of aromatic nitrogens is 3. The zero-order valence-corrected chi connectivity index (χ0v) is 30.8. The molecule has 1 spiro atoms. The lowest BCUT2D eigenvalue weighted by molar-refractivity contribution is -0.0352. The number of carbonyl (C=O) groups excluding carboxylic acids is 1. The Morgan fingerprint density at radius 3 is 2.62 bits per heavy atom. The number of benzene rings is 2. The highest BCUT2D eigenvalue weighted by Crippen LogP contribution is 2.52. The smallest absolute Gasteiger partial charge is 0.188 e. The number of rotatable bonds is 14. The summed E-state index contributed by atoms with van der Waals surface area (Å²) in [6.45, 7) is 11.6. The van der Waals surface area contributed by atoms with Gasteiger partial charge in [0.15, 0.2) is 17.9 Å². The molecule has 7 rings (SSSR count). The number of ether oxygens (including phenoxy) is 3. The molecule has 1 saturated heterocycles. The third-order valence-corrected chi connectivity index (χ3v) is 10.4. The maximum atomic E-state index is 13.6. The van der Waals surface area contributed by atoms with Gasteiger partial charge in [0.1, 0.15) is 29.7 Å². The Kier molecular flexibility index (Phi) is 12.5. The first-order valence-corrected chi connectivity index (χ1v) is 18.4. The van der Waals surface area contributed by atoms with Gasteiger partial charge in [-0.2, -0.15) is 0 Å². The topological polar surface area (TPSA) is 102 Å². The summed E-state index contributed by atoms with van der Waals surface area (Å²) >= 11 is 0. The van der Waals surface area contributed by atoms with Crippen molar-refractivity contribution < 1.29 is 23.4 Å². The number of pyridine rings is 1. The number of hydrogen-bond acceptors (Lipinski definition) is 10. The van der Waals surface area contributed by atoms with Crippen LogP contribution in [-0.4, -0.2) is 78.1 Å². The largest absolute Gasteiger partial charge is 0.490 e. The molecule has 2 fully saturated rings. The normalized spacial score (nSPS) is 17.5. The molecule has 1 aliphatic carbocycles. The predicted molar refractivity (Wildman–Crippen MR) is 200 cm³/mol. The van der Waals surface area contributed by atoms with Gasteiger partial charge in [0.25, 0.3) is 0 Å². The maximum absolute atomic E-state index is 13.6. The van der Waals surface area contributed by atoms with Crippen molar-refractivity contribution in [2.75, 3.05) is 44.7 Å². The van der Waals surface area contributed by atoms with Crippen LogP contribution >= 0.6 is 0 Å². The van der Waals surface area contributed by atoms with Crippen molar-refractivity contribution in [1.82, 2.24) is 25.2 Å². The van der Waals surface area contributed by atoms with Crippen LogP contribution in [-0.2, 0) is 17.8 Å². The zero-order chi connectivity index (χ0) is 36.5. The molecule has 0 radical (unpaired) electrons. The number of halogens is 1. The van der Waals surface area contributed by atoms with Crippen molar-refractivity contribution in [2.24, 2.45) is 5.41 Å². The second-order valence-corrected chi connectivity index (χ2v) is 14.4. The molecule has 1 N–H and O–H groups in total. The van der Waals surface area contributed by atoms with Gasteiger partial charge in [-0.25, -0.2) is 14.4 Å². The Labute approximate surface area is 306 Å². The molecule has 3 aliphatic rings. The van der Waals surface area contributed by atoms with E-state index < -0.39 is 5.82 Å². The summed E-state index contributed by atoms with van der Waals surface area (Å²) in [6.07, 6.45) is 10.4. The average molecular weight is 711 g/mol. The Morgan fingerprint density at radius 2 is 1.88 bits per heavy atom. The molecule has 4 heterocycles. The lowest BCUT2D eigenvalue weighted by atomic mass is 9.61. The molecule has 1 unspecified atom stereocenters. The minimum atomic E-state index is -0.497. The second-order valence-electron chi connectivity index (χ2n) is 14.4. The number of carbonyl (C=O) groups is 1. The fraction of sp³-hybridized carbons (Fsp3) is 0.463. The SMILES string of the molecule is CCN(C)C(C)C.O=Cc1cc(F)ccc1Oc1cncnc1N1CC2(CC(Oc3ccnc4c3C(CCCOCc3ccccc3)NCC4)C2)C1. The molecule has 0 amide bonds. The van der Waals surface area contributed by atoms with E-state index in [0.29, 0.717) is 37.1 Å². The van der Waals surface area contributed by atoms with E-state index in [-0.39, 0.29) is 28.9 Å². The first-order valence-electron chi connectivity index (χ1n) is 18.4. The molecule has 276 valence electrons. The number of hydrogen-bond donors (Lipinski definition) is 1. The third kappa shape index (κ3) is 9.12. The van der Waals surface area contributed by atoms with Gasteiger partial charge >= 0.3 is 0 Å². The molecule has 1 atom stereocenters. The fourth-order valence-electron chi connectivity index (χ4n) is 7.19. The summed E-state index contributed by atoms with van der Waals surface area (Å²) in [7, 11) is 2.13. The van der Waals surface area contributed by atoms with E-state index in [9.17, 15) is 9.18 Å². The van der Waals surface area contributed by atoms with E-state index in [2.05, 4.69) is 65.0 Å². The first-order chi connectivity index (χ1) is 25.3. The van der Waals surface area contributed by atoms with Crippen LogP contribution in [0.5, 0.6) is 17.2 Å². The van der Waals surface area contributed by atoms with Crippen LogP contribution in [0.2, 0.25) is 0 Å². The Morgan fingerprint density at radius 1 is 1.08 bits per heavy atom. The molecule has 2 aliphatic heterocycles. The monoisotopic (exact) mass is 710 g/mol. The summed E-state index contributed by atoms with van der Waals surface area (Å²) in [4.78, 5) is 29.2. The summed E-state index contributed by atoms with van der Waals surface area (Å²) in [5, 5.41) is 3.68. The zero-order valence-electron chi connectivity index (χ0n) is 30.8. The number of nitrogens with one attached hydrogen (secondary N) is 1. The van der Waals surface area contributed by atoms with Gasteiger partial charge in [0.2, 0.25) is 0 Å². The fourth-order valence-corrected chi connectivity index (χ4v) is 7.19. The highest BCUT2D eigenvalue weighted by Gasteiger charge is 2.54. The van der Waals surface area contributed by atoms with Gasteiger partial charge in [-0.15, -0.1) is 0 Å². The summed E-state index contributed by atoms with van der Waals surface area (Å²) < 4.78 is 32.1. The molecule has 4 aromatic rings. The van der Waals surface area contributed by atoms with Gasteiger partial charge in [-0.1, -0.05) is 37.3 Å². The van der Waals surface area contributed by atoms with Crippen molar-refractivity contribution >= 4 is 12.1 Å². The molecule has 11 heteroatoms. The Balaban J connectivity index is 0.000000604. The molecular formula is C41H51FN6O4. The maximum Gasteiger partial charge on any atom is 0.188 e. The lowest BCUT2D eigenvalue weighted by Crippen LogP contribution is -2.65. The third-order valence-electron chi connectivity index (χ3n) is 10.4. The van der Waals surface area contributed by atoms with E-state index in [1.54, 1.807) is 6.20 Å². The van der Waals surface area contributed by atoms with Crippen LogP contribution < -0.4 is 19.7 Å². The van der Waals surface area contributed by atoms with Crippen molar-refractivity contribution in [2.45, 2.75) is 77.7 Å². The highest BCUT2D eigenvalue weighted by atomic mass is 19.1. The summed E-state index contributed by atoms with van der Waals surface area (Å²) in [5.74, 6) is 1.80. The number of aldehydes is 1. The van der Waals surface area contributed by atoms with E-state index in [0.717, 1.165) is 75.8 Å². The van der Waals surface area contributed by atoms with Crippen molar-refractivity contribution in [3.63, 3.8) is 0 Å². The van der Waals surface area contributed by atoms with Crippen molar-refractivity contribution in [1.29, 1.82) is 0 Å². The quantitative estimate of drug-likeness (QED) is 0.107. The van der Waals surface area contributed by atoms with E-state index in [4.69, 9.17) is 19.2 Å². The molecule has 0 bridgehead atoms. The summed E-state index contributed by atoms with van der Waals surface area (Å²) in [6, 6.07) is 17.0. The van der Waals surface area contributed by atoms with E-state index >= 15 is 0 Å². The van der Waals surface area contributed by atoms with E-state index in [1.165, 1.54) is 29.6 Å². The van der Waals surface area contributed by atoms with Gasteiger partial charge in [-0.3, -0.25) is 9.78 Å². The first kappa shape index (κ1) is 37.3. The van der Waals surface area contributed by atoms with Gasteiger partial charge in [0.05, 0.1) is 24.1 Å².